The van der Waals surface area contributed by atoms with Crippen LogP contribution < -0.4 is 0 Å². The molecule has 5 nitrogen and oxygen atoms in total. The molecule has 0 aliphatic carbocycles. The monoisotopic (exact) mass is 284 g/mol. The van der Waals surface area contributed by atoms with Gasteiger partial charge in [-0.3, -0.25) is 0 Å². The standard InChI is InChI=1S/C11H11ClN3O2S/c1-8(2)18(16,17)10-5-7-15(14-10)11-9(12)4-3-6-13-11/h3-6,8H,1-2H3. The summed E-state index contributed by atoms with van der Waals surface area (Å²) in [5.41, 5.74) is 0. The lowest BCUT2D eigenvalue weighted by Gasteiger charge is -2.04. The second-order valence-electron chi connectivity index (χ2n) is 3.93. The van der Waals surface area contributed by atoms with Gasteiger partial charge in [0.1, 0.15) is 0 Å². The van der Waals surface area contributed by atoms with Crippen molar-refractivity contribution in [3.8, 4) is 5.82 Å². The van der Waals surface area contributed by atoms with E-state index in [9.17, 15) is 8.42 Å². The maximum absolute atomic E-state index is 11.9. The highest BCUT2D eigenvalue weighted by atomic mass is 35.5. The molecule has 95 valence electrons. The molecule has 0 aliphatic heterocycles. The first-order valence-electron chi connectivity index (χ1n) is 5.25. The Balaban J connectivity index is 2.47. The van der Waals surface area contributed by atoms with E-state index in [1.165, 1.54) is 10.7 Å². The van der Waals surface area contributed by atoms with Crippen molar-refractivity contribution in [1.29, 1.82) is 0 Å². The average Bonchev–Trinajstić information content (AvgIpc) is 2.79. The van der Waals surface area contributed by atoms with Crippen molar-refractivity contribution < 1.29 is 8.42 Å². The van der Waals surface area contributed by atoms with Crippen LogP contribution in [0.1, 0.15) is 13.8 Å². The summed E-state index contributed by atoms with van der Waals surface area (Å²) in [6.07, 6.45) is 4.25. The van der Waals surface area contributed by atoms with Crippen molar-refractivity contribution in [1.82, 2.24) is 14.8 Å². The normalized spacial score (nSPS) is 12.0. The van der Waals surface area contributed by atoms with Crippen molar-refractivity contribution in [2.75, 3.05) is 0 Å². The second kappa shape index (κ2) is 4.70. The molecule has 0 aromatic carbocycles. The smallest absolute Gasteiger partial charge is 0.199 e. The van der Waals surface area contributed by atoms with Gasteiger partial charge in [0, 0.05) is 12.3 Å². The minimum absolute atomic E-state index is 0.0285. The molecule has 1 radical (unpaired) electrons. The number of halogens is 1. The summed E-state index contributed by atoms with van der Waals surface area (Å²) < 4.78 is 25.1. The predicted octanol–water partition coefficient (Wildman–Crippen LogP) is 1.90. The minimum Gasteiger partial charge on any atom is -0.236 e. The van der Waals surface area contributed by atoms with Crippen molar-refractivity contribution >= 4 is 21.4 Å². The molecule has 2 heterocycles. The van der Waals surface area contributed by atoms with Crippen LogP contribution in [0.2, 0.25) is 5.02 Å². The van der Waals surface area contributed by atoms with Gasteiger partial charge in [-0.25, -0.2) is 18.1 Å². The van der Waals surface area contributed by atoms with Gasteiger partial charge in [0.2, 0.25) is 0 Å². The van der Waals surface area contributed by atoms with E-state index >= 15 is 0 Å². The summed E-state index contributed by atoms with van der Waals surface area (Å²) in [5, 5.41) is 3.78. The summed E-state index contributed by atoms with van der Waals surface area (Å²) in [7, 11) is -3.41. The highest BCUT2D eigenvalue weighted by Gasteiger charge is 2.22. The molecule has 0 aliphatic rings. The number of hydrogen-bond acceptors (Lipinski definition) is 4. The van der Waals surface area contributed by atoms with Crippen LogP contribution in [0.25, 0.3) is 5.82 Å². The Bertz CT molecular complexity index is 664. The zero-order valence-electron chi connectivity index (χ0n) is 9.83. The third kappa shape index (κ3) is 2.26. The molecule has 2 rings (SSSR count). The lowest BCUT2D eigenvalue weighted by molar-refractivity contribution is 0.581. The van der Waals surface area contributed by atoms with Crippen LogP contribution in [-0.4, -0.2) is 28.4 Å². The Kier molecular flexibility index (Phi) is 3.41. The zero-order valence-corrected chi connectivity index (χ0v) is 11.4. The number of hydrogen-bond donors (Lipinski definition) is 0. The van der Waals surface area contributed by atoms with Crippen LogP contribution in [0.5, 0.6) is 0 Å². The zero-order chi connectivity index (χ0) is 13.3. The van der Waals surface area contributed by atoms with Gasteiger partial charge in [-0.15, -0.1) is 0 Å². The van der Waals surface area contributed by atoms with E-state index in [1.807, 2.05) is 0 Å². The number of nitrogens with zero attached hydrogens (tertiary/aromatic N) is 3. The summed E-state index contributed by atoms with van der Waals surface area (Å²) in [4.78, 5) is 4.03. The van der Waals surface area contributed by atoms with Gasteiger partial charge in [-0.1, -0.05) is 11.6 Å². The van der Waals surface area contributed by atoms with Crippen LogP contribution in [0.15, 0.2) is 29.4 Å². The Morgan fingerprint density at radius 3 is 2.78 bits per heavy atom. The molecular weight excluding hydrogens is 274 g/mol. The molecule has 0 bridgehead atoms. The van der Waals surface area contributed by atoms with E-state index in [2.05, 4.69) is 16.3 Å². The van der Waals surface area contributed by atoms with Crippen molar-refractivity contribution in [2.45, 2.75) is 24.1 Å². The molecule has 2 aromatic heterocycles. The molecule has 0 atom stereocenters. The van der Waals surface area contributed by atoms with E-state index in [-0.39, 0.29) is 5.03 Å². The fourth-order valence-corrected chi connectivity index (χ4v) is 2.39. The first-order valence-corrected chi connectivity index (χ1v) is 7.18. The number of rotatable bonds is 3. The fourth-order valence-electron chi connectivity index (χ4n) is 1.29. The van der Waals surface area contributed by atoms with Crippen LogP contribution >= 0.6 is 11.6 Å². The Morgan fingerprint density at radius 2 is 2.17 bits per heavy atom. The summed E-state index contributed by atoms with van der Waals surface area (Å²) in [6, 6.07) is 4.65. The largest absolute Gasteiger partial charge is 0.236 e. The van der Waals surface area contributed by atoms with Crippen LogP contribution in [-0.2, 0) is 9.84 Å². The molecule has 0 saturated carbocycles. The molecule has 7 heteroatoms. The maximum Gasteiger partial charge on any atom is 0.199 e. The number of pyridine rings is 1. The van der Waals surface area contributed by atoms with E-state index < -0.39 is 15.1 Å². The molecule has 0 saturated heterocycles. The Labute approximate surface area is 110 Å². The van der Waals surface area contributed by atoms with Gasteiger partial charge < -0.3 is 0 Å². The number of aromatic nitrogens is 3. The molecular formula is C11H11ClN3O2S. The Morgan fingerprint density at radius 1 is 1.44 bits per heavy atom. The third-order valence-corrected chi connectivity index (χ3v) is 4.68. The van der Waals surface area contributed by atoms with Gasteiger partial charge >= 0.3 is 0 Å². The highest BCUT2D eigenvalue weighted by Crippen LogP contribution is 2.18. The molecule has 0 unspecified atom stereocenters. The van der Waals surface area contributed by atoms with Crippen LogP contribution in [0.4, 0.5) is 0 Å². The maximum atomic E-state index is 11.9. The SMILES string of the molecule is CC(C)S(=O)(=O)c1c[c]n(-c2ncccc2Cl)n1. The first-order chi connectivity index (χ1) is 8.43. The lowest BCUT2D eigenvalue weighted by Crippen LogP contribution is -2.15. The van der Waals surface area contributed by atoms with E-state index in [4.69, 9.17) is 11.6 Å². The van der Waals surface area contributed by atoms with Crippen molar-refractivity contribution in [3.05, 3.63) is 35.6 Å². The van der Waals surface area contributed by atoms with Gasteiger partial charge in [0.25, 0.3) is 0 Å². The van der Waals surface area contributed by atoms with Gasteiger partial charge in [0.05, 0.1) is 16.5 Å². The van der Waals surface area contributed by atoms with E-state index in [0.717, 1.165) is 0 Å². The summed E-state index contributed by atoms with van der Waals surface area (Å²) in [6.45, 7) is 3.20. The Hall–Kier alpha value is -1.40. The summed E-state index contributed by atoms with van der Waals surface area (Å²) >= 11 is 5.95. The van der Waals surface area contributed by atoms with Crippen molar-refractivity contribution in [2.24, 2.45) is 0 Å². The van der Waals surface area contributed by atoms with Gasteiger partial charge in [-0.05, 0) is 26.0 Å². The quantitative estimate of drug-likeness (QED) is 0.863. The van der Waals surface area contributed by atoms with E-state index in [1.54, 1.807) is 32.2 Å². The lowest BCUT2D eigenvalue weighted by atomic mass is 10.4. The minimum atomic E-state index is -3.41. The number of sulfone groups is 1. The predicted molar refractivity (Wildman–Crippen MR) is 67.5 cm³/mol. The molecule has 0 fully saturated rings. The second-order valence-corrected chi connectivity index (χ2v) is 6.78. The highest BCUT2D eigenvalue weighted by molar-refractivity contribution is 7.91. The molecule has 18 heavy (non-hydrogen) atoms. The van der Waals surface area contributed by atoms with E-state index in [0.29, 0.717) is 10.8 Å². The average molecular weight is 285 g/mol. The first kappa shape index (κ1) is 13.0. The molecule has 2 aromatic rings. The third-order valence-electron chi connectivity index (χ3n) is 2.36. The molecule has 0 spiro atoms. The van der Waals surface area contributed by atoms with Crippen LogP contribution in [0.3, 0.4) is 0 Å². The van der Waals surface area contributed by atoms with Crippen LogP contribution in [0, 0.1) is 6.20 Å². The van der Waals surface area contributed by atoms with Gasteiger partial charge in [-0.2, -0.15) is 5.10 Å². The fraction of sp³-hybridized carbons (Fsp3) is 0.273. The topological polar surface area (TPSA) is 64.8 Å². The summed E-state index contributed by atoms with van der Waals surface area (Å²) in [5.74, 6) is 0.351. The molecule has 0 N–H and O–H groups in total. The molecule has 0 amide bonds. The van der Waals surface area contributed by atoms with Crippen molar-refractivity contribution in [3.63, 3.8) is 0 Å². The van der Waals surface area contributed by atoms with Gasteiger partial charge in [0.15, 0.2) is 20.7 Å².